The van der Waals surface area contributed by atoms with E-state index in [0.717, 1.165) is 5.56 Å². The van der Waals surface area contributed by atoms with E-state index in [1.165, 1.54) is 6.07 Å². The molecule has 0 spiro atoms. The molecule has 19 heavy (non-hydrogen) atoms. The fourth-order valence-electron chi connectivity index (χ4n) is 1.54. The van der Waals surface area contributed by atoms with Crippen molar-refractivity contribution in [1.29, 1.82) is 0 Å². The van der Waals surface area contributed by atoms with Crippen molar-refractivity contribution in [3.8, 4) is 0 Å². The van der Waals surface area contributed by atoms with E-state index < -0.39 is 0 Å². The zero-order valence-electron chi connectivity index (χ0n) is 10.1. The van der Waals surface area contributed by atoms with E-state index >= 15 is 0 Å². The van der Waals surface area contributed by atoms with Gasteiger partial charge in [0.05, 0.1) is 15.8 Å². The van der Waals surface area contributed by atoms with Crippen molar-refractivity contribution in [2.24, 2.45) is 10.7 Å². The maximum Gasteiger partial charge on any atom is 0.193 e. The summed E-state index contributed by atoms with van der Waals surface area (Å²) in [5, 5.41) is 2.90. The normalized spacial score (nSPS) is 11.4. The van der Waals surface area contributed by atoms with Crippen LogP contribution in [0.2, 0.25) is 0 Å². The Morgan fingerprint density at radius 2 is 1.89 bits per heavy atom. The summed E-state index contributed by atoms with van der Waals surface area (Å²) in [6, 6.07) is 14.6. The molecule has 0 bridgehead atoms. The smallest absolute Gasteiger partial charge is 0.193 e. The molecule has 3 N–H and O–H groups in total. The van der Waals surface area contributed by atoms with Gasteiger partial charge in [0.1, 0.15) is 5.82 Å². The lowest BCUT2D eigenvalue weighted by Crippen LogP contribution is -2.23. The molecule has 3 nitrogen and oxygen atoms in total. The number of guanidine groups is 1. The summed E-state index contributed by atoms with van der Waals surface area (Å²) in [5.41, 5.74) is 7.48. The van der Waals surface area contributed by atoms with E-state index in [1.54, 1.807) is 12.1 Å². The van der Waals surface area contributed by atoms with E-state index in [2.05, 4.69) is 10.3 Å². The van der Waals surface area contributed by atoms with Gasteiger partial charge in [0.2, 0.25) is 0 Å². The van der Waals surface area contributed by atoms with Crippen LogP contribution in [-0.4, -0.2) is 5.96 Å². The van der Waals surface area contributed by atoms with Gasteiger partial charge in [-0.1, -0.05) is 36.4 Å². The minimum Gasteiger partial charge on any atom is -0.370 e. The minimum absolute atomic E-state index is 0.271. The number of benzene rings is 2. The summed E-state index contributed by atoms with van der Waals surface area (Å²) in [7, 11) is 0. The largest absolute Gasteiger partial charge is 0.370 e. The molecule has 0 aliphatic rings. The van der Waals surface area contributed by atoms with E-state index in [4.69, 9.17) is 5.73 Å². The first-order valence-electron chi connectivity index (χ1n) is 5.71. The zero-order chi connectivity index (χ0) is 13.7. The lowest BCUT2D eigenvalue weighted by atomic mass is 10.2. The van der Waals surface area contributed by atoms with Crippen molar-refractivity contribution in [3.05, 3.63) is 63.5 Å². The van der Waals surface area contributed by atoms with Gasteiger partial charge in [-0.2, -0.15) is 0 Å². The van der Waals surface area contributed by atoms with Crippen LogP contribution in [0.5, 0.6) is 0 Å². The van der Waals surface area contributed by atoms with Crippen molar-refractivity contribution in [2.75, 3.05) is 5.32 Å². The highest BCUT2D eigenvalue weighted by molar-refractivity contribution is 14.1. The number of nitrogens with one attached hydrogen (secondary N) is 1. The summed E-state index contributed by atoms with van der Waals surface area (Å²) in [6.45, 7) is 0.492. The summed E-state index contributed by atoms with van der Waals surface area (Å²) in [5.74, 6) is -0.00571. The van der Waals surface area contributed by atoms with Crippen LogP contribution in [0.25, 0.3) is 0 Å². The number of hydrogen-bond acceptors (Lipinski definition) is 1. The number of anilines is 1. The Hall–Kier alpha value is -1.63. The molecule has 0 aromatic heterocycles. The van der Waals surface area contributed by atoms with Gasteiger partial charge in [0.25, 0.3) is 0 Å². The van der Waals surface area contributed by atoms with E-state index in [0.29, 0.717) is 15.8 Å². The van der Waals surface area contributed by atoms with E-state index in [-0.39, 0.29) is 11.8 Å². The molecule has 0 atom stereocenters. The van der Waals surface area contributed by atoms with Crippen molar-refractivity contribution in [3.63, 3.8) is 0 Å². The van der Waals surface area contributed by atoms with Gasteiger partial charge in [-0.05, 0) is 40.3 Å². The number of aliphatic imine (C=N–C) groups is 1. The highest BCUT2D eigenvalue weighted by atomic mass is 127. The van der Waals surface area contributed by atoms with Crippen LogP contribution in [0.15, 0.2) is 53.5 Å². The number of hydrogen-bond donors (Lipinski definition) is 2. The van der Waals surface area contributed by atoms with Crippen LogP contribution in [-0.2, 0) is 6.54 Å². The molecule has 0 unspecified atom stereocenters. The summed E-state index contributed by atoms with van der Waals surface area (Å²) >= 11 is 1.93. The van der Waals surface area contributed by atoms with Crippen molar-refractivity contribution < 1.29 is 4.39 Å². The van der Waals surface area contributed by atoms with Crippen LogP contribution in [0.4, 0.5) is 10.1 Å². The molecule has 2 rings (SSSR count). The van der Waals surface area contributed by atoms with Crippen LogP contribution in [0.1, 0.15) is 5.56 Å². The molecule has 0 aliphatic carbocycles. The molecule has 0 radical (unpaired) electrons. The standard InChI is InChI=1S/C14H13FIN3/c15-11-7-4-8-12(13(11)16)19-14(17)18-9-10-5-2-1-3-6-10/h1-8H,9H2,(H3,17,18,19). The Balaban J connectivity index is 2.04. The third-order valence-corrected chi connectivity index (χ3v) is 3.59. The molecule has 0 amide bonds. The highest BCUT2D eigenvalue weighted by Gasteiger charge is 2.05. The highest BCUT2D eigenvalue weighted by Crippen LogP contribution is 2.20. The summed E-state index contributed by atoms with van der Waals surface area (Å²) in [4.78, 5) is 4.22. The molecule has 0 aliphatic heterocycles. The molecule has 98 valence electrons. The van der Waals surface area contributed by atoms with Crippen LogP contribution in [0.3, 0.4) is 0 Å². The lowest BCUT2D eigenvalue weighted by Gasteiger charge is -2.08. The van der Waals surface area contributed by atoms with Gasteiger partial charge in [0.15, 0.2) is 5.96 Å². The Labute approximate surface area is 124 Å². The summed E-state index contributed by atoms with van der Waals surface area (Å²) in [6.07, 6.45) is 0. The number of halogens is 2. The van der Waals surface area contributed by atoms with E-state index in [1.807, 2.05) is 52.9 Å². The van der Waals surface area contributed by atoms with Gasteiger partial charge < -0.3 is 11.1 Å². The second-order valence-corrected chi connectivity index (χ2v) is 4.99. The average molecular weight is 369 g/mol. The Morgan fingerprint density at radius 1 is 1.16 bits per heavy atom. The predicted octanol–water partition coefficient (Wildman–Crippen LogP) is 3.36. The third-order valence-electron chi connectivity index (χ3n) is 2.49. The molecule has 2 aromatic carbocycles. The monoisotopic (exact) mass is 369 g/mol. The van der Waals surface area contributed by atoms with Gasteiger partial charge in [-0.25, -0.2) is 9.38 Å². The molecular weight excluding hydrogens is 356 g/mol. The quantitative estimate of drug-likeness (QED) is 0.495. The Kier molecular flexibility index (Phi) is 4.73. The summed E-state index contributed by atoms with van der Waals surface area (Å²) < 4.78 is 13.9. The van der Waals surface area contributed by atoms with Crippen molar-refractivity contribution >= 4 is 34.2 Å². The lowest BCUT2D eigenvalue weighted by molar-refractivity contribution is 0.621. The fourth-order valence-corrected chi connectivity index (χ4v) is 2.03. The molecule has 5 heteroatoms. The maximum absolute atomic E-state index is 13.4. The van der Waals surface area contributed by atoms with Crippen LogP contribution in [0, 0.1) is 9.39 Å². The van der Waals surface area contributed by atoms with Crippen molar-refractivity contribution in [1.82, 2.24) is 0 Å². The Morgan fingerprint density at radius 3 is 2.63 bits per heavy atom. The second kappa shape index (κ2) is 6.51. The number of nitrogens with two attached hydrogens (primary N) is 1. The average Bonchev–Trinajstić information content (AvgIpc) is 2.43. The van der Waals surface area contributed by atoms with Gasteiger partial charge in [-0.3, -0.25) is 0 Å². The molecule has 2 aromatic rings. The molecule has 0 fully saturated rings. The SMILES string of the molecule is NC(=NCc1ccccc1)Nc1cccc(F)c1I. The molecule has 0 heterocycles. The van der Waals surface area contributed by atoms with Gasteiger partial charge in [-0.15, -0.1) is 0 Å². The second-order valence-electron chi connectivity index (χ2n) is 3.91. The van der Waals surface area contributed by atoms with Gasteiger partial charge in [0, 0.05) is 0 Å². The van der Waals surface area contributed by atoms with Crippen LogP contribution < -0.4 is 11.1 Å². The molecule has 0 saturated heterocycles. The minimum atomic E-state index is -0.276. The Bertz CT molecular complexity index is 584. The number of nitrogens with zero attached hydrogens (tertiary/aromatic N) is 1. The van der Waals surface area contributed by atoms with Crippen molar-refractivity contribution in [2.45, 2.75) is 6.54 Å². The first kappa shape index (κ1) is 13.8. The zero-order valence-corrected chi connectivity index (χ0v) is 12.3. The predicted molar refractivity (Wildman–Crippen MR) is 84.5 cm³/mol. The molecular formula is C14H13FIN3. The fraction of sp³-hybridized carbons (Fsp3) is 0.0714. The topological polar surface area (TPSA) is 50.4 Å². The van der Waals surface area contributed by atoms with Gasteiger partial charge >= 0.3 is 0 Å². The first-order chi connectivity index (χ1) is 9.16. The maximum atomic E-state index is 13.4. The third kappa shape index (κ3) is 3.92. The molecule has 0 saturated carbocycles. The first-order valence-corrected chi connectivity index (χ1v) is 6.79. The van der Waals surface area contributed by atoms with E-state index in [9.17, 15) is 4.39 Å². The number of rotatable bonds is 3. The van der Waals surface area contributed by atoms with Crippen LogP contribution >= 0.6 is 22.6 Å².